The van der Waals surface area contributed by atoms with Gasteiger partial charge < -0.3 is 9.97 Å². The van der Waals surface area contributed by atoms with E-state index in [1.165, 1.54) is 38.6 Å². The number of aromatic nitrogens is 2. The molecule has 43 heavy (non-hydrogen) atoms. The zero-order chi connectivity index (χ0) is 30.4. The van der Waals surface area contributed by atoms with Crippen molar-refractivity contribution in [2.45, 2.75) is 73.0 Å². The molecule has 225 valence electrons. The smallest absolute Gasteiger partial charge is 0.0799 e. The van der Waals surface area contributed by atoms with Crippen LogP contribution in [0.15, 0.2) is 91.3 Å². The largest absolute Gasteiger partial charge is 0.305 e. The van der Waals surface area contributed by atoms with E-state index in [1.807, 2.05) is 42.6 Å². The number of pyridine rings is 2. The Morgan fingerprint density at radius 3 is 1.63 bits per heavy atom. The quantitative estimate of drug-likeness (QED) is 0.127. The molecule has 0 amide bonds. The maximum atomic E-state index is 4.70. The molecule has 0 atom stereocenters. The first kappa shape index (κ1) is 34.3. The Kier molecular flexibility index (Phi) is 12.0. The van der Waals surface area contributed by atoms with Gasteiger partial charge in [0.05, 0.1) is 8.07 Å². The van der Waals surface area contributed by atoms with E-state index >= 15 is 0 Å². The number of rotatable bonds is 6. The van der Waals surface area contributed by atoms with Crippen molar-refractivity contribution in [2.24, 2.45) is 0 Å². The molecule has 2 aromatic heterocycles. The van der Waals surface area contributed by atoms with E-state index in [1.54, 1.807) is 0 Å². The fourth-order valence-corrected chi connectivity index (χ4v) is 6.94. The molecule has 0 aliphatic heterocycles. The van der Waals surface area contributed by atoms with Crippen molar-refractivity contribution < 1.29 is 20.1 Å². The van der Waals surface area contributed by atoms with Crippen LogP contribution >= 0.6 is 0 Å². The summed E-state index contributed by atoms with van der Waals surface area (Å²) in [5.74, 6) is 0.975. The molecular weight excluding hydrogens is 717 g/mol. The van der Waals surface area contributed by atoms with Gasteiger partial charge in [-0.15, -0.1) is 71.8 Å². The first-order chi connectivity index (χ1) is 20.0. The minimum absolute atomic E-state index is 0. The average molecular weight is 761 g/mol. The predicted molar refractivity (Wildman–Crippen MR) is 183 cm³/mol. The van der Waals surface area contributed by atoms with Crippen LogP contribution in [0.25, 0.3) is 33.6 Å². The maximum Gasteiger partial charge on any atom is 0.0799 e. The van der Waals surface area contributed by atoms with Crippen LogP contribution in [0.3, 0.4) is 0 Å². The van der Waals surface area contributed by atoms with Gasteiger partial charge in [-0.25, -0.2) is 0 Å². The third-order valence-electron chi connectivity index (χ3n) is 7.57. The van der Waals surface area contributed by atoms with Gasteiger partial charge in [-0.1, -0.05) is 88.8 Å². The molecule has 3 aromatic carbocycles. The molecule has 1 radical (unpaired) electrons. The minimum atomic E-state index is -1.34. The second-order valence-electron chi connectivity index (χ2n) is 12.7. The van der Waals surface area contributed by atoms with Crippen molar-refractivity contribution in [3.8, 4) is 33.6 Å². The molecule has 0 aliphatic rings. The van der Waals surface area contributed by atoms with Crippen LogP contribution < -0.4 is 5.19 Å². The van der Waals surface area contributed by atoms with Crippen LogP contribution in [0.1, 0.15) is 61.8 Å². The van der Waals surface area contributed by atoms with Crippen LogP contribution in [-0.2, 0) is 20.1 Å². The molecule has 0 fully saturated rings. The SMILES string of the molecule is CC(C)c1cc(-c2[c-]cccc2)ncc1[Si](C)(C)C.Cc1ccc(-c2cnc(-c3[c-]cccc3)cc2C(C)C)c(C)c1.[Ir]. The number of aryl methyl sites for hydroxylation is 2. The summed E-state index contributed by atoms with van der Waals surface area (Å²) in [6.07, 6.45) is 4.11. The molecule has 0 bridgehead atoms. The molecule has 0 aliphatic carbocycles. The van der Waals surface area contributed by atoms with Crippen molar-refractivity contribution >= 4 is 13.3 Å². The summed E-state index contributed by atoms with van der Waals surface area (Å²) in [5, 5.41) is 1.47. The number of hydrogen-bond donors (Lipinski definition) is 0. The van der Waals surface area contributed by atoms with Gasteiger partial charge in [-0.3, -0.25) is 0 Å². The van der Waals surface area contributed by atoms with E-state index in [0.717, 1.165) is 22.5 Å². The molecule has 0 N–H and O–H groups in total. The number of benzene rings is 3. The molecule has 5 rings (SSSR count). The molecule has 2 heterocycles. The van der Waals surface area contributed by atoms with E-state index in [0.29, 0.717) is 11.8 Å². The van der Waals surface area contributed by atoms with Gasteiger partial charge in [0.2, 0.25) is 0 Å². The molecular formula is C39H44IrN2Si-2. The minimum Gasteiger partial charge on any atom is -0.305 e. The fraction of sp³-hybridized carbons (Fsp3) is 0.282. The van der Waals surface area contributed by atoms with Gasteiger partial charge in [0.15, 0.2) is 0 Å². The van der Waals surface area contributed by atoms with Gasteiger partial charge in [-0.2, -0.15) is 0 Å². The van der Waals surface area contributed by atoms with E-state index < -0.39 is 8.07 Å². The van der Waals surface area contributed by atoms with Crippen molar-refractivity contribution in [3.05, 3.63) is 126 Å². The molecule has 0 saturated heterocycles. The van der Waals surface area contributed by atoms with Crippen LogP contribution in [0.2, 0.25) is 19.6 Å². The molecule has 0 saturated carbocycles. The molecule has 0 unspecified atom stereocenters. The second-order valence-corrected chi connectivity index (χ2v) is 17.8. The third kappa shape index (κ3) is 8.69. The summed E-state index contributed by atoms with van der Waals surface area (Å²) in [4.78, 5) is 9.36. The Hall–Kier alpha value is -3.17. The van der Waals surface area contributed by atoms with Crippen molar-refractivity contribution in [1.82, 2.24) is 9.97 Å². The Bertz CT molecular complexity index is 1620. The van der Waals surface area contributed by atoms with Gasteiger partial charge >= 0.3 is 0 Å². The monoisotopic (exact) mass is 761 g/mol. The summed E-state index contributed by atoms with van der Waals surface area (Å²) >= 11 is 0. The fourth-order valence-electron chi connectivity index (χ4n) is 5.26. The zero-order valence-corrected chi connectivity index (χ0v) is 30.4. The number of nitrogens with zero attached hydrogens (tertiary/aromatic N) is 2. The van der Waals surface area contributed by atoms with Crippen LogP contribution in [-0.4, -0.2) is 18.0 Å². The van der Waals surface area contributed by atoms with Crippen LogP contribution in [0, 0.1) is 26.0 Å². The third-order valence-corrected chi connectivity index (χ3v) is 9.60. The second kappa shape index (κ2) is 15.0. The van der Waals surface area contributed by atoms with Crippen molar-refractivity contribution in [2.75, 3.05) is 0 Å². The van der Waals surface area contributed by atoms with Crippen molar-refractivity contribution in [1.29, 1.82) is 0 Å². The molecule has 2 nitrogen and oxygen atoms in total. The standard InChI is InChI=1S/C22H22N.C17H22NSi.Ir/c1-15(2)20-13-22(18-8-6-5-7-9-18)23-14-21(20)19-11-10-16(3)12-17(19)4;1-13(2)15-11-16(14-9-7-6-8-10-14)18-12-17(15)19(3,4)5;/h5-8,10-15H,1-4H3;6-9,11-13H,1-5H3;/q2*-1;. The summed E-state index contributed by atoms with van der Waals surface area (Å²) in [7, 11) is -1.34. The average Bonchev–Trinajstić information content (AvgIpc) is 2.97. The van der Waals surface area contributed by atoms with E-state index in [2.05, 4.69) is 127 Å². The molecule has 0 spiro atoms. The summed E-state index contributed by atoms with van der Waals surface area (Å²) < 4.78 is 0. The molecule has 5 aromatic rings. The maximum absolute atomic E-state index is 4.70. The Morgan fingerprint density at radius 2 is 1.16 bits per heavy atom. The van der Waals surface area contributed by atoms with E-state index in [9.17, 15) is 0 Å². The number of hydrogen-bond acceptors (Lipinski definition) is 2. The summed E-state index contributed by atoms with van der Waals surface area (Å²) in [6, 6.07) is 33.7. The van der Waals surface area contributed by atoms with Gasteiger partial charge in [-0.05, 0) is 58.9 Å². The van der Waals surface area contributed by atoms with E-state index in [-0.39, 0.29) is 20.1 Å². The Morgan fingerprint density at radius 1 is 0.628 bits per heavy atom. The first-order valence-corrected chi connectivity index (χ1v) is 18.5. The van der Waals surface area contributed by atoms with Gasteiger partial charge in [0, 0.05) is 38.1 Å². The van der Waals surface area contributed by atoms with Crippen LogP contribution in [0.5, 0.6) is 0 Å². The van der Waals surface area contributed by atoms with Crippen molar-refractivity contribution in [3.63, 3.8) is 0 Å². The first-order valence-electron chi connectivity index (χ1n) is 15.0. The normalized spacial score (nSPS) is 11.1. The summed E-state index contributed by atoms with van der Waals surface area (Å²) in [5.41, 5.74) is 12.0. The van der Waals surface area contributed by atoms with Gasteiger partial charge in [0.25, 0.3) is 0 Å². The predicted octanol–water partition coefficient (Wildman–Crippen LogP) is 10.2. The van der Waals surface area contributed by atoms with Crippen LogP contribution in [0.4, 0.5) is 0 Å². The van der Waals surface area contributed by atoms with Gasteiger partial charge in [0.1, 0.15) is 0 Å². The van der Waals surface area contributed by atoms with E-state index in [4.69, 9.17) is 4.98 Å². The molecule has 4 heteroatoms. The Balaban J connectivity index is 0.000000234. The topological polar surface area (TPSA) is 25.8 Å². The summed E-state index contributed by atoms with van der Waals surface area (Å²) in [6.45, 7) is 20.4. The Labute approximate surface area is 274 Å². The zero-order valence-electron chi connectivity index (χ0n) is 27.0.